The Hall–Kier alpha value is -1.10. The summed E-state index contributed by atoms with van der Waals surface area (Å²) in [6.07, 6.45) is 3.78. The van der Waals surface area contributed by atoms with Crippen molar-refractivity contribution in [3.8, 4) is 0 Å². The molecule has 18 heavy (non-hydrogen) atoms. The topological polar surface area (TPSA) is 69.6 Å². The smallest absolute Gasteiger partial charge is 0.317 e. The number of hydrogen-bond donors (Lipinski definition) is 2. The quantitative estimate of drug-likeness (QED) is 0.776. The minimum atomic E-state index is -0.771. The number of hydrogen-bond acceptors (Lipinski definition) is 3. The van der Waals surface area contributed by atoms with Crippen molar-refractivity contribution in [1.29, 1.82) is 0 Å². The van der Waals surface area contributed by atoms with Crippen LogP contribution in [0.5, 0.6) is 0 Å². The lowest BCUT2D eigenvalue weighted by Crippen LogP contribution is -2.47. The van der Waals surface area contributed by atoms with Crippen LogP contribution in [0.25, 0.3) is 0 Å². The third-order valence-corrected chi connectivity index (χ3v) is 3.55. The molecule has 0 atom stereocenters. The number of carbonyl (C=O) groups is 2. The Morgan fingerprint density at radius 3 is 2.22 bits per heavy atom. The third kappa shape index (κ3) is 4.64. The van der Waals surface area contributed by atoms with Crippen LogP contribution in [-0.2, 0) is 9.59 Å². The van der Waals surface area contributed by atoms with Crippen molar-refractivity contribution < 1.29 is 14.7 Å². The molecule has 1 rings (SSSR count). The molecule has 5 heteroatoms. The zero-order valence-electron chi connectivity index (χ0n) is 11.5. The van der Waals surface area contributed by atoms with E-state index in [0.29, 0.717) is 6.04 Å². The van der Waals surface area contributed by atoms with Crippen molar-refractivity contribution >= 4 is 11.9 Å². The van der Waals surface area contributed by atoms with E-state index >= 15 is 0 Å². The molecule has 0 aromatic heterocycles. The summed E-state index contributed by atoms with van der Waals surface area (Å²) < 4.78 is 0. The van der Waals surface area contributed by atoms with Crippen molar-refractivity contribution in [3.63, 3.8) is 0 Å². The van der Waals surface area contributed by atoms with E-state index in [2.05, 4.69) is 5.32 Å². The number of carboxylic acid groups (broad SMARTS) is 1. The van der Waals surface area contributed by atoms with Gasteiger partial charge in [-0.15, -0.1) is 0 Å². The van der Waals surface area contributed by atoms with Gasteiger partial charge in [-0.1, -0.05) is 0 Å². The van der Waals surface area contributed by atoms with Gasteiger partial charge in [0.25, 0.3) is 0 Å². The van der Waals surface area contributed by atoms with Gasteiger partial charge in [0.15, 0.2) is 0 Å². The second-order valence-corrected chi connectivity index (χ2v) is 5.37. The van der Waals surface area contributed by atoms with Gasteiger partial charge >= 0.3 is 5.97 Å². The fraction of sp³-hybridized carbons (Fsp3) is 0.846. The molecule has 0 heterocycles. The van der Waals surface area contributed by atoms with Gasteiger partial charge in [0.05, 0.1) is 6.54 Å². The highest BCUT2D eigenvalue weighted by Crippen LogP contribution is 2.24. The summed E-state index contributed by atoms with van der Waals surface area (Å²) in [5.74, 6) is -0.752. The SMILES string of the molecule is CC(=O)NC1CCC(N(CC(=O)O)C(C)C)CC1. The van der Waals surface area contributed by atoms with E-state index in [0.717, 1.165) is 25.7 Å². The normalized spacial score (nSPS) is 24.3. The molecule has 1 aliphatic rings. The third-order valence-electron chi connectivity index (χ3n) is 3.55. The molecule has 0 aromatic rings. The molecule has 0 saturated heterocycles. The molecule has 0 bridgehead atoms. The standard InChI is InChI=1S/C13H24N2O3/c1-9(2)15(8-13(17)18)12-6-4-11(5-7-12)14-10(3)16/h9,11-12H,4-8H2,1-3H3,(H,14,16)(H,17,18). The number of nitrogens with zero attached hydrogens (tertiary/aromatic N) is 1. The van der Waals surface area contributed by atoms with Crippen LogP contribution in [0.4, 0.5) is 0 Å². The van der Waals surface area contributed by atoms with E-state index in [1.165, 1.54) is 6.92 Å². The summed E-state index contributed by atoms with van der Waals surface area (Å²) in [5, 5.41) is 11.9. The number of aliphatic carboxylic acids is 1. The van der Waals surface area contributed by atoms with Crippen LogP contribution in [0.15, 0.2) is 0 Å². The molecule has 5 nitrogen and oxygen atoms in total. The zero-order valence-corrected chi connectivity index (χ0v) is 11.5. The fourth-order valence-corrected chi connectivity index (χ4v) is 2.73. The van der Waals surface area contributed by atoms with Gasteiger partial charge in [0.1, 0.15) is 0 Å². The highest BCUT2D eigenvalue weighted by molar-refractivity contribution is 5.73. The number of carboxylic acids is 1. The van der Waals surface area contributed by atoms with Crippen LogP contribution in [0.2, 0.25) is 0 Å². The summed E-state index contributed by atoms with van der Waals surface area (Å²) in [6.45, 7) is 5.70. The summed E-state index contributed by atoms with van der Waals surface area (Å²) in [5.41, 5.74) is 0. The van der Waals surface area contributed by atoms with E-state index in [1.807, 2.05) is 18.7 Å². The van der Waals surface area contributed by atoms with Crippen LogP contribution >= 0.6 is 0 Å². The van der Waals surface area contributed by atoms with Crippen LogP contribution in [0.3, 0.4) is 0 Å². The Morgan fingerprint density at radius 1 is 1.28 bits per heavy atom. The van der Waals surface area contributed by atoms with Crippen LogP contribution < -0.4 is 5.32 Å². The maximum atomic E-state index is 11.0. The van der Waals surface area contributed by atoms with E-state index < -0.39 is 5.97 Å². The van der Waals surface area contributed by atoms with E-state index in [9.17, 15) is 9.59 Å². The first-order chi connectivity index (χ1) is 8.40. The fourth-order valence-electron chi connectivity index (χ4n) is 2.73. The van der Waals surface area contributed by atoms with Gasteiger partial charge in [-0.3, -0.25) is 14.5 Å². The van der Waals surface area contributed by atoms with Gasteiger partial charge in [-0.2, -0.15) is 0 Å². The molecule has 0 spiro atoms. The summed E-state index contributed by atoms with van der Waals surface area (Å²) >= 11 is 0. The lowest BCUT2D eigenvalue weighted by molar-refractivity contribution is -0.139. The number of rotatable bonds is 5. The Bertz CT molecular complexity index is 297. The largest absolute Gasteiger partial charge is 0.480 e. The molecule has 0 unspecified atom stereocenters. The highest BCUT2D eigenvalue weighted by atomic mass is 16.4. The molecular formula is C13H24N2O3. The lowest BCUT2D eigenvalue weighted by atomic mass is 9.89. The summed E-state index contributed by atoms with van der Waals surface area (Å²) in [6, 6.07) is 0.826. The molecule has 0 aliphatic heterocycles. The van der Waals surface area contributed by atoms with Gasteiger partial charge in [0, 0.05) is 25.0 Å². The minimum Gasteiger partial charge on any atom is -0.480 e. The zero-order chi connectivity index (χ0) is 13.7. The Labute approximate surface area is 109 Å². The molecule has 1 fully saturated rings. The van der Waals surface area contributed by atoms with Crippen LogP contribution in [-0.4, -0.2) is 46.6 Å². The van der Waals surface area contributed by atoms with Gasteiger partial charge in [0.2, 0.25) is 5.91 Å². The second kappa shape index (κ2) is 6.73. The molecule has 1 saturated carbocycles. The van der Waals surface area contributed by atoms with Crippen LogP contribution in [0.1, 0.15) is 46.5 Å². The van der Waals surface area contributed by atoms with Crippen molar-refractivity contribution in [1.82, 2.24) is 10.2 Å². The summed E-state index contributed by atoms with van der Waals surface area (Å²) in [4.78, 5) is 23.9. The monoisotopic (exact) mass is 256 g/mol. The molecule has 2 N–H and O–H groups in total. The lowest BCUT2D eigenvalue weighted by Gasteiger charge is -2.38. The Morgan fingerprint density at radius 2 is 1.83 bits per heavy atom. The van der Waals surface area contributed by atoms with Crippen molar-refractivity contribution in [2.75, 3.05) is 6.54 Å². The second-order valence-electron chi connectivity index (χ2n) is 5.37. The molecule has 104 valence electrons. The maximum absolute atomic E-state index is 11.0. The summed E-state index contributed by atoms with van der Waals surface area (Å²) in [7, 11) is 0. The molecule has 1 amide bonds. The van der Waals surface area contributed by atoms with Gasteiger partial charge in [-0.05, 0) is 39.5 Å². The first-order valence-corrected chi connectivity index (χ1v) is 6.64. The average molecular weight is 256 g/mol. The first-order valence-electron chi connectivity index (χ1n) is 6.64. The van der Waals surface area contributed by atoms with Crippen LogP contribution in [0, 0.1) is 0 Å². The number of nitrogens with one attached hydrogen (secondary N) is 1. The predicted molar refractivity (Wildman–Crippen MR) is 69.3 cm³/mol. The van der Waals surface area contributed by atoms with Gasteiger partial charge in [-0.25, -0.2) is 0 Å². The first kappa shape index (κ1) is 15.0. The Balaban J connectivity index is 2.48. The Kier molecular flexibility index (Phi) is 5.59. The molecule has 1 aliphatic carbocycles. The average Bonchev–Trinajstić information content (AvgIpc) is 2.26. The van der Waals surface area contributed by atoms with Gasteiger partial charge < -0.3 is 10.4 Å². The predicted octanol–water partition coefficient (Wildman–Crippen LogP) is 1.23. The van der Waals surface area contributed by atoms with E-state index in [4.69, 9.17) is 5.11 Å². The molecule has 0 aromatic carbocycles. The number of carbonyl (C=O) groups excluding carboxylic acids is 1. The maximum Gasteiger partial charge on any atom is 0.317 e. The van der Waals surface area contributed by atoms with E-state index in [-0.39, 0.29) is 24.5 Å². The highest BCUT2D eigenvalue weighted by Gasteiger charge is 2.28. The molecule has 0 radical (unpaired) electrons. The van der Waals surface area contributed by atoms with Crippen molar-refractivity contribution in [2.45, 2.75) is 64.6 Å². The van der Waals surface area contributed by atoms with Crippen molar-refractivity contribution in [2.24, 2.45) is 0 Å². The number of amides is 1. The van der Waals surface area contributed by atoms with E-state index in [1.54, 1.807) is 0 Å². The van der Waals surface area contributed by atoms with Crippen molar-refractivity contribution in [3.05, 3.63) is 0 Å². The molecular weight excluding hydrogens is 232 g/mol. The minimum absolute atomic E-state index is 0.0182.